The maximum atomic E-state index is 12.0. The molecule has 4 aromatic heterocycles. The Hall–Kier alpha value is -9.05. The highest BCUT2D eigenvalue weighted by atomic mass is 32.1. The van der Waals surface area contributed by atoms with Crippen LogP contribution in [0.4, 0.5) is 0 Å². The summed E-state index contributed by atoms with van der Waals surface area (Å²) < 4.78 is 42.5. The highest BCUT2D eigenvalue weighted by molar-refractivity contribution is 7.13. The molecule has 0 amide bonds. The van der Waals surface area contributed by atoms with Crippen molar-refractivity contribution in [1.82, 2.24) is 24.9 Å². The number of ether oxygens (including phenoxy) is 6. The summed E-state index contributed by atoms with van der Waals surface area (Å²) in [5, 5.41) is 20.0. The number of unbranched alkanes of at least 4 members (excludes halogenated alkanes) is 30. The van der Waals surface area contributed by atoms with E-state index in [1.807, 2.05) is 18.2 Å². The van der Waals surface area contributed by atoms with E-state index in [2.05, 4.69) is 153 Å². The average Bonchev–Trinajstić information content (AvgIpc) is 1.58. The van der Waals surface area contributed by atoms with Crippen molar-refractivity contribution in [1.29, 1.82) is 5.26 Å². The predicted octanol–water partition coefficient (Wildman–Crippen LogP) is 26.9. The Morgan fingerprint density at radius 2 is 0.664 bits per heavy atom. The zero-order valence-corrected chi connectivity index (χ0v) is 68.0. The number of aromatic amines is 2. The number of benzene rings is 3. The number of fused-ring (bicyclic) bond motifs is 8. The van der Waals surface area contributed by atoms with Gasteiger partial charge in [-0.05, 0) is 135 Å². The number of H-pyrrole nitrogens is 2. The fourth-order valence-electron chi connectivity index (χ4n) is 14.3. The number of aliphatic carboxylic acids is 1. The molecule has 9 rings (SSSR count). The van der Waals surface area contributed by atoms with Crippen LogP contribution in [-0.2, 0) is 4.79 Å². The molecular formula is C95H124N6O8S. The zero-order chi connectivity index (χ0) is 77.2. The first kappa shape index (κ1) is 85.0. The van der Waals surface area contributed by atoms with Crippen LogP contribution in [0.3, 0.4) is 0 Å². The van der Waals surface area contributed by atoms with Gasteiger partial charge in [0.25, 0.3) is 0 Å². The number of nitrogens with zero attached hydrogens (tertiary/aromatic N) is 4. The van der Waals surface area contributed by atoms with Crippen molar-refractivity contribution in [2.45, 2.75) is 273 Å². The van der Waals surface area contributed by atoms with E-state index in [9.17, 15) is 15.2 Å². The summed E-state index contributed by atoms with van der Waals surface area (Å²) in [6.45, 7) is 16.7. The van der Waals surface area contributed by atoms with Gasteiger partial charge in [0.15, 0.2) is 5.01 Å². The maximum absolute atomic E-state index is 12.0. The maximum Gasteiger partial charge on any atom is 0.346 e. The highest BCUT2D eigenvalue weighted by Crippen LogP contribution is 2.49. The van der Waals surface area contributed by atoms with Crippen LogP contribution in [0.1, 0.15) is 311 Å². The summed E-state index contributed by atoms with van der Waals surface area (Å²) in [6.07, 6.45) is 51.7. The molecule has 3 aromatic carbocycles. The first-order valence-corrected chi connectivity index (χ1v) is 43.2. The van der Waals surface area contributed by atoms with E-state index >= 15 is 0 Å². The Kier molecular flexibility index (Phi) is 37.5. The molecule has 0 atom stereocenters. The van der Waals surface area contributed by atoms with Crippen molar-refractivity contribution < 1.29 is 38.3 Å². The quantitative estimate of drug-likeness (QED) is 0.0142. The summed E-state index contributed by atoms with van der Waals surface area (Å²) in [6, 6.07) is 28.9. The van der Waals surface area contributed by atoms with Gasteiger partial charge >= 0.3 is 5.97 Å². The summed E-state index contributed by atoms with van der Waals surface area (Å²) in [5.41, 5.74) is 10.5. The number of thiazole rings is 1. The van der Waals surface area contributed by atoms with Crippen molar-refractivity contribution in [2.75, 3.05) is 39.6 Å². The molecule has 14 nitrogen and oxygen atoms in total. The van der Waals surface area contributed by atoms with Crippen LogP contribution < -0.4 is 28.4 Å². The molecule has 7 aromatic rings. The van der Waals surface area contributed by atoms with Gasteiger partial charge in [-0.2, -0.15) is 5.26 Å². The summed E-state index contributed by atoms with van der Waals surface area (Å²) in [5.74, 6) is 9.79. The second-order valence-electron chi connectivity index (χ2n) is 29.4. The van der Waals surface area contributed by atoms with Crippen molar-refractivity contribution in [3.05, 3.63) is 129 Å². The standard InChI is InChI=1S/C95H124N6O8S/c1-7-13-19-25-31-37-62-104-82-46-43-47-83(105-63-38-32-26-20-14-8-2)92(82)89-76-55-53-74(98-76)73(52-61-88-97-70-72(110-88)68-71(69-96)95(102)103)75-54-56-77(99-75)90(93-84(106-64-39-33-27-21-15-9-3)48-44-49-85(93)107-65-40-34-28-22-16-10-4)79-58-60-81(101-79)91(80-59-57-78(89)100-80)94-86(108-66-41-35-29-23-17-11-5)50-45-51-87(94)109-67-42-36-30-24-18-12-6/h43-51,53-60,68,70,98,101H,7-42,62-67H2,1-6H3,(H,102,103)/b71-68-,74-73?,75-73?,89-76?,89-78?,90-77?,90-79?,91-80?,91-81?. The molecule has 0 spiro atoms. The molecule has 6 heterocycles. The fourth-order valence-corrected chi connectivity index (χ4v) is 15.0. The molecule has 2 aliphatic rings. The molecule has 0 unspecified atom stereocenters. The van der Waals surface area contributed by atoms with Gasteiger partial charge in [-0.15, -0.1) is 11.3 Å². The molecule has 0 saturated heterocycles. The van der Waals surface area contributed by atoms with Crippen molar-refractivity contribution >= 4 is 69.8 Å². The molecule has 588 valence electrons. The number of nitriles is 1. The Morgan fingerprint density at radius 1 is 0.382 bits per heavy atom. The number of hydrogen-bond donors (Lipinski definition) is 3. The number of rotatable bonds is 53. The number of nitrogens with one attached hydrogen (secondary N) is 2. The number of carboxylic acid groups (broad SMARTS) is 1. The van der Waals surface area contributed by atoms with Crippen molar-refractivity contribution in [3.63, 3.8) is 0 Å². The Labute approximate surface area is 661 Å². The molecule has 8 bridgehead atoms. The van der Waals surface area contributed by atoms with Crippen molar-refractivity contribution in [2.24, 2.45) is 0 Å². The van der Waals surface area contributed by atoms with E-state index in [1.54, 1.807) is 12.3 Å². The van der Waals surface area contributed by atoms with Crippen LogP contribution in [0.5, 0.6) is 34.5 Å². The number of carbonyl (C=O) groups is 1. The molecule has 2 aliphatic heterocycles. The number of aromatic nitrogens is 5. The highest BCUT2D eigenvalue weighted by Gasteiger charge is 2.27. The fraction of sp³-hybridized carbons (Fsp3) is 0.505. The van der Waals surface area contributed by atoms with E-state index in [0.29, 0.717) is 118 Å². The molecule has 3 N–H and O–H groups in total. The molecule has 15 heteroatoms. The van der Waals surface area contributed by atoms with E-state index in [4.69, 9.17) is 38.4 Å². The molecular weight excluding hydrogens is 1390 g/mol. The largest absolute Gasteiger partial charge is 0.493 e. The monoisotopic (exact) mass is 1510 g/mol. The minimum atomic E-state index is -1.32. The van der Waals surface area contributed by atoms with Gasteiger partial charge in [-0.3, -0.25) is 0 Å². The van der Waals surface area contributed by atoms with E-state index in [-0.39, 0.29) is 0 Å². The SMILES string of the molecule is CCCCCCCCOc1cccc(OCCCCCCCC)c1-c1c2nc(c(-c3c(OCCCCCCCC)cccc3OCCCCCCCC)c3ccc([nH]3)c(-c3c(OCCCCCCCC)cccc3OCCCCCCCC)c3nc(c(C#Cc4ncc(/C=C(/C#N)C(=O)O)s4)c4ccc1[nH]4)C=C3)C=C2. The van der Waals surface area contributed by atoms with E-state index in [0.717, 1.165) is 166 Å². The topological polar surface area (TPSA) is 187 Å². The predicted molar refractivity (Wildman–Crippen MR) is 458 cm³/mol. The number of hydrogen-bond acceptors (Lipinski definition) is 12. The van der Waals surface area contributed by atoms with Crippen LogP contribution in [0.2, 0.25) is 0 Å². The van der Waals surface area contributed by atoms with Gasteiger partial charge in [-0.1, -0.05) is 258 Å². The lowest BCUT2D eigenvalue weighted by Crippen LogP contribution is -2.04. The van der Waals surface area contributed by atoms with Gasteiger partial charge in [0, 0.05) is 44.3 Å². The van der Waals surface area contributed by atoms with Crippen molar-refractivity contribution in [3.8, 4) is 85.8 Å². The van der Waals surface area contributed by atoms with Gasteiger partial charge in [0.05, 0.1) is 90.2 Å². The minimum absolute atomic E-state index is 0.396. The first-order chi connectivity index (χ1) is 54.2. The van der Waals surface area contributed by atoms with E-state index < -0.39 is 11.5 Å². The van der Waals surface area contributed by atoms with Crippen LogP contribution in [-0.4, -0.2) is 75.6 Å². The zero-order valence-electron chi connectivity index (χ0n) is 67.2. The van der Waals surface area contributed by atoms with Gasteiger partial charge in [0.2, 0.25) is 0 Å². The molecule has 0 saturated carbocycles. The average molecular weight is 1510 g/mol. The third kappa shape index (κ3) is 26.0. The van der Waals surface area contributed by atoms with Gasteiger partial charge in [0.1, 0.15) is 46.1 Å². The molecule has 0 radical (unpaired) electrons. The summed E-state index contributed by atoms with van der Waals surface area (Å²) >= 11 is 1.20. The Balaban J connectivity index is 1.39. The summed E-state index contributed by atoms with van der Waals surface area (Å²) in [4.78, 5) is 36.8. The lowest BCUT2D eigenvalue weighted by Gasteiger charge is -2.18. The van der Waals surface area contributed by atoms with E-state index in [1.165, 1.54) is 133 Å². The Morgan fingerprint density at radius 3 is 0.973 bits per heavy atom. The van der Waals surface area contributed by atoms with Crippen LogP contribution in [0.25, 0.3) is 85.8 Å². The smallest absolute Gasteiger partial charge is 0.346 e. The molecule has 0 aliphatic carbocycles. The second-order valence-corrected chi connectivity index (χ2v) is 30.4. The van der Waals surface area contributed by atoms with Gasteiger partial charge < -0.3 is 43.5 Å². The molecule has 0 fully saturated rings. The van der Waals surface area contributed by atoms with Crippen LogP contribution in [0, 0.1) is 23.2 Å². The second kappa shape index (κ2) is 48.6. The lowest BCUT2D eigenvalue weighted by atomic mass is 10.0. The third-order valence-corrected chi connectivity index (χ3v) is 21.3. The minimum Gasteiger partial charge on any atom is -0.493 e. The van der Waals surface area contributed by atoms with Crippen LogP contribution in [0.15, 0.2) is 90.6 Å². The molecule has 110 heavy (non-hydrogen) atoms. The number of carboxylic acids is 1. The summed E-state index contributed by atoms with van der Waals surface area (Å²) in [7, 11) is 0. The van der Waals surface area contributed by atoms with Crippen LogP contribution >= 0.6 is 11.3 Å². The Bertz CT molecular complexity index is 4180. The third-order valence-electron chi connectivity index (χ3n) is 20.5. The van der Waals surface area contributed by atoms with Gasteiger partial charge in [-0.25, -0.2) is 19.7 Å². The lowest BCUT2D eigenvalue weighted by molar-refractivity contribution is -0.132. The normalized spacial score (nSPS) is 11.8. The first-order valence-electron chi connectivity index (χ1n) is 42.4.